The van der Waals surface area contributed by atoms with Crippen molar-refractivity contribution in [3.05, 3.63) is 59.4 Å². The fraction of sp³-hybridized carbons (Fsp3) is 0.133. The number of nitrogens with one attached hydrogen (secondary N) is 1. The van der Waals surface area contributed by atoms with Crippen molar-refractivity contribution >= 4 is 23.2 Å². The number of amides is 1. The first-order chi connectivity index (χ1) is 9.54. The molecule has 2 rings (SSSR count). The summed E-state index contributed by atoms with van der Waals surface area (Å²) in [6, 6.07) is 12.3. The van der Waals surface area contributed by atoms with E-state index in [0.29, 0.717) is 16.5 Å². The molecule has 0 spiro atoms. The monoisotopic (exact) mass is 293 g/mol. The molecule has 0 saturated heterocycles. The van der Waals surface area contributed by atoms with Crippen molar-refractivity contribution in [2.24, 2.45) is 0 Å². The molecule has 0 aliphatic heterocycles. The Morgan fingerprint density at radius 1 is 1.15 bits per heavy atom. The van der Waals surface area contributed by atoms with Gasteiger partial charge in [0.2, 0.25) is 0 Å². The van der Waals surface area contributed by atoms with Gasteiger partial charge in [-0.3, -0.25) is 4.79 Å². The van der Waals surface area contributed by atoms with E-state index in [9.17, 15) is 9.18 Å². The van der Waals surface area contributed by atoms with Gasteiger partial charge in [-0.15, -0.1) is 0 Å². The number of ether oxygens (including phenoxy) is 1. The third-order valence-electron chi connectivity index (χ3n) is 2.61. The van der Waals surface area contributed by atoms with Gasteiger partial charge in [0, 0.05) is 10.7 Å². The molecular weight excluding hydrogens is 281 g/mol. The standard InChI is InChI=1S/C15H13ClFNO2/c1-10(20-14-8-2-11(16)3-9-14)15(19)18-13-6-4-12(17)5-7-13/h2-10H,1H3,(H,18,19)/t10-/m1/s1. The number of halogens is 2. The van der Waals surface area contributed by atoms with E-state index in [1.54, 1.807) is 31.2 Å². The number of carbonyl (C=O) groups is 1. The minimum absolute atomic E-state index is 0.313. The Kier molecular flexibility index (Phi) is 4.58. The number of benzene rings is 2. The Labute approximate surface area is 121 Å². The van der Waals surface area contributed by atoms with Gasteiger partial charge in [0.05, 0.1) is 0 Å². The normalized spacial score (nSPS) is 11.8. The van der Waals surface area contributed by atoms with E-state index in [1.807, 2.05) is 0 Å². The second-order valence-corrected chi connectivity index (χ2v) is 4.65. The summed E-state index contributed by atoms with van der Waals surface area (Å²) in [6.07, 6.45) is -0.679. The fourth-order valence-electron chi connectivity index (χ4n) is 1.55. The van der Waals surface area contributed by atoms with Crippen LogP contribution in [0.3, 0.4) is 0 Å². The molecule has 0 aliphatic carbocycles. The molecule has 1 amide bonds. The molecule has 0 aliphatic rings. The quantitative estimate of drug-likeness (QED) is 0.929. The zero-order chi connectivity index (χ0) is 14.5. The van der Waals surface area contributed by atoms with Crippen LogP contribution in [0.15, 0.2) is 48.5 Å². The second kappa shape index (κ2) is 6.39. The Morgan fingerprint density at radius 2 is 1.75 bits per heavy atom. The Hall–Kier alpha value is -2.07. The van der Waals surface area contributed by atoms with Crippen molar-refractivity contribution in [1.82, 2.24) is 0 Å². The molecular formula is C15H13ClFNO2. The first kappa shape index (κ1) is 14.3. The molecule has 2 aromatic rings. The molecule has 5 heteroatoms. The van der Waals surface area contributed by atoms with E-state index in [2.05, 4.69) is 5.32 Å². The van der Waals surface area contributed by atoms with Gasteiger partial charge in [0.15, 0.2) is 6.10 Å². The van der Waals surface area contributed by atoms with Gasteiger partial charge in [-0.1, -0.05) is 11.6 Å². The maximum Gasteiger partial charge on any atom is 0.265 e. The predicted octanol–water partition coefficient (Wildman–Crippen LogP) is 3.89. The average molecular weight is 294 g/mol. The zero-order valence-corrected chi connectivity index (χ0v) is 11.5. The highest BCUT2D eigenvalue weighted by Gasteiger charge is 2.14. The minimum Gasteiger partial charge on any atom is -0.481 e. The first-order valence-corrected chi connectivity index (χ1v) is 6.41. The second-order valence-electron chi connectivity index (χ2n) is 4.21. The van der Waals surface area contributed by atoms with Crippen LogP contribution in [0.1, 0.15) is 6.92 Å². The smallest absolute Gasteiger partial charge is 0.265 e. The van der Waals surface area contributed by atoms with Crippen LogP contribution in [0.5, 0.6) is 5.75 Å². The maximum absolute atomic E-state index is 12.8. The van der Waals surface area contributed by atoms with E-state index in [0.717, 1.165) is 0 Å². The van der Waals surface area contributed by atoms with Gasteiger partial charge < -0.3 is 10.1 Å². The molecule has 0 fully saturated rings. The maximum atomic E-state index is 12.8. The third kappa shape index (κ3) is 3.96. The summed E-state index contributed by atoms with van der Waals surface area (Å²) >= 11 is 5.77. The van der Waals surface area contributed by atoms with Gasteiger partial charge in [-0.05, 0) is 55.5 Å². The van der Waals surface area contributed by atoms with Crippen LogP contribution in [0.4, 0.5) is 10.1 Å². The summed E-state index contributed by atoms with van der Waals surface area (Å²) in [6.45, 7) is 1.63. The Bertz CT molecular complexity index is 584. The summed E-state index contributed by atoms with van der Waals surface area (Å²) in [7, 11) is 0. The van der Waals surface area contributed by atoms with Crippen LogP contribution in [0.25, 0.3) is 0 Å². The lowest BCUT2D eigenvalue weighted by Crippen LogP contribution is -2.30. The summed E-state index contributed by atoms with van der Waals surface area (Å²) in [5, 5.41) is 3.24. The Balaban J connectivity index is 1.94. The molecule has 0 bridgehead atoms. The lowest BCUT2D eigenvalue weighted by atomic mass is 10.3. The summed E-state index contributed by atoms with van der Waals surface area (Å²) in [5.74, 6) is -0.115. The van der Waals surface area contributed by atoms with Crippen LogP contribution in [-0.4, -0.2) is 12.0 Å². The van der Waals surface area contributed by atoms with Gasteiger partial charge in [-0.25, -0.2) is 4.39 Å². The van der Waals surface area contributed by atoms with E-state index >= 15 is 0 Å². The third-order valence-corrected chi connectivity index (χ3v) is 2.86. The van der Waals surface area contributed by atoms with Crippen LogP contribution in [-0.2, 0) is 4.79 Å². The largest absolute Gasteiger partial charge is 0.481 e. The topological polar surface area (TPSA) is 38.3 Å². The van der Waals surface area contributed by atoms with Crippen LogP contribution in [0.2, 0.25) is 5.02 Å². The first-order valence-electron chi connectivity index (χ1n) is 6.03. The molecule has 3 nitrogen and oxygen atoms in total. The molecule has 20 heavy (non-hydrogen) atoms. The number of rotatable bonds is 4. The van der Waals surface area contributed by atoms with Crippen molar-refractivity contribution < 1.29 is 13.9 Å². The van der Waals surface area contributed by atoms with Crippen LogP contribution >= 0.6 is 11.6 Å². The molecule has 1 atom stereocenters. The van der Waals surface area contributed by atoms with E-state index in [4.69, 9.17) is 16.3 Å². The van der Waals surface area contributed by atoms with Crippen molar-refractivity contribution in [2.45, 2.75) is 13.0 Å². The van der Waals surface area contributed by atoms with Gasteiger partial charge in [-0.2, -0.15) is 0 Å². The number of hydrogen-bond acceptors (Lipinski definition) is 2. The lowest BCUT2D eigenvalue weighted by Gasteiger charge is -2.14. The summed E-state index contributed by atoms with van der Waals surface area (Å²) in [5.41, 5.74) is 0.517. The molecule has 2 aromatic carbocycles. The highest BCUT2D eigenvalue weighted by atomic mass is 35.5. The lowest BCUT2D eigenvalue weighted by molar-refractivity contribution is -0.122. The molecule has 0 saturated carbocycles. The number of carbonyl (C=O) groups excluding carboxylic acids is 1. The molecule has 0 aromatic heterocycles. The van der Waals surface area contributed by atoms with E-state index in [-0.39, 0.29) is 11.7 Å². The van der Waals surface area contributed by atoms with Crippen molar-refractivity contribution in [3.63, 3.8) is 0 Å². The summed E-state index contributed by atoms with van der Waals surface area (Å²) < 4.78 is 18.2. The Morgan fingerprint density at radius 3 is 2.35 bits per heavy atom. The van der Waals surface area contributed by atoms with Gasteiger partial charge >= 0.3 is 0 Å². The molecule has 1 N–H and O–H groups in total. The van der Waals surface area contributed by atoms with Gasteiger partial charge in [0.25, 0.3) is 5.91 Å². The molecule has 0 unspecified atom stereocenters. The van der Waals surface area contributed by atoms with Crippen LogP contribution < -0.4 is 10.1 Å². The number of anilines is 1. The van der Waals surface area contributed by atoms with Crippen molar-refractivity contribution in [1.29, 1.82) is 0 Å². The van der Waals surface area contributed by atoms with E-state index < -0.39 is 6.10 Å². The van der Waals surface area contributed by atoms with Crippen LogP contribution in [0, 0.1) is 5.82 Å². The fourth-order valence-corrected chi connectivity index (χ4v) is 1.67. The highest BCUT2D eigenvalue weighted by Crippen LogP contribution is 2.17. The van der Waals surface area contributed by atoms with E-state index in [1.165, 1.54) is 24.3 Å². The predicted molar refractivity (Wildman–Crippen MR) is 76.6 cm³/mol. The van der Waals surface area contributed by atoms with Gasteiger partial charge in [0.1, 0.15) is 11.6 Å². The minimum atomic E-state index is -0.679. The van der Waals surface area contributed by atoms with Crippen molar-refractivity contribution in [3.8, 4) is 5.75 Å². The molecule has 0 heterocycles. The summed E-state index contributed by atoms with van der Waals surface area (Å²) in [4.78, 5) is 11.9. The average Bonchev–Trinajstić information content (AvgIpc) is 2.44. The number of hydrogen-bond donors (Lipinski definition) is 1. The van der Waals surface area contributed by atoms with Crippen molar-refractivity contribution in [2.75, 3.05) is 5.32 Å². The molecule has 104 valence electrons. The SMILES string of the molecule is C[C@@H](Oc1ccc(Cl)cc1)C(=O)Nc1ccc(F)cc1. The zero-order valence-electron chi connectivity index (χ0n) is 10.8. The highest BCUT2D eigenvalue weighted by molar-refractivity contribution is 6.30. The molecule has 0 radical (unpaired) electrons.